The van der Waals surface area contributed by atoms with Crippen molar-refractivity contribution in [3.63, 3.8) is 0 Å². The highest BCUT2D eigenvalue weighted by atomic mass is 28.4. The van der Waals surface area contributed by atoms with Crippen LogP contribution in [-0.4, -0.2) is 52.3 Å². The normalized spacial score (nSPS) is 16.3. The third-order valence-corrected chi connectivity index (χ3v) is 15.4. The Bertz CT molecular complexity index is 618. The molecule has 2 atom stereocenters. The molecule has 2 rings (SSSR count). The summed E-state index contributed by atoms with van der Waals surface area (Å²) in [6.07, 6.45) is 0. The molecule has 2 aromatic rings. The first-order chi connectivity index (χ1) is 13.0. The van der Waals surface area contributed by atoms with Gasteiger partial charge in [0.2, 0.25) is 0 Å². The van der Waals surface area contributed by atoms with Gasteiger partial charge in [-0.3, -0.25) is 0 Å². The highest BCUT2D eigenvalue weighted by molar-refractivity contribution is 6.95. The molecule has 0 saturated heterocycles. The van der Waals surface area contributed by atoms with Gasteiger partial charge in [0, 0.05) is 0 Å². The number of benzene rings is 2. The molecule has 0 amide bonds. The first kappa shape index (κ1) is 22.0. The standard InChI is InChI=1S/C22H36N2OSi2/c1-7-23(8-2)26(5,21-17-13-11-14-18-21)25-27(6,24(9-3)10-4)22-19-15-12-16-20-22/h11-20H,7-10H2,1-6H3/t26-,27-/m1/s1. The van der Waals surface area contributed by atoms with Gasteiger partial charge in [-0.15, -0.1) is 0 Å². The van der Waals surface area contributed by atoms with E-state index in [0.717, 1.165) is 26.2 Å². The summed E-state index contributed by atoms with van der Waals surface area (Å²) in [6, 6.07) is 21.8. The molecule has 0 unspecified atom stereocenters. The third kappa shape index (κ3) is 4.61. The molecule has 3 nitrogen and oxygen atoms in total. The lowest BCUT2D eigenvalue weighted by atomic mass is 10.4. The molecule has 0 fully saturated rings. The highest BCUT2D eigenvalue weighted by Gasteiger charge is 2.48. The Morgan fingerprint density at radius 1 is 0.593 bits per heavy atom. The molecule has 2 aromatic carbocycles. The van der Waals surface area contributed by atoms with Crippen molar-refractivity contribution >= 4 is 27.3 Å². The van der Waals surface area contributed by atoms with Crippen LogP contribution in [0.1, 0.15) is 27.7 Å². The Morgan fingerprint density at radius 2 is 0.889 bits per heavy atom. The van der Waals surface area contributed by atoms with Crippen LogP contribution in [0.3, 0.4) is 0 Å². The van der Waals surface area contributed by atoms with Crippen molar-refractivity contribution < 1.29 is 4.12 Å². The molecule has 0 aliphatic rings. The fourth-order valence-electron chi connectivity index (χ4n) is 4.15. The Morgan fingerprint density at radius 3 is 1.15 bits per heavy atom. The van der Waals surface area contributed by atoms with Gasteiger partial charge in [0.1, 0.15) is 0 Å². The second kappa shape index (κ2) is 9.80. The van der Waals surface area contributed by atoms with E-state index in [9.17, 15) is 0 Å². The topological polar surface area (TPSA) is 15.7 Å². The van der Waals surface area contributed by atoms with E-state index in [2.05, 4.69) is 111 Å². The molecular formula is C22H36N2OSi2. The van der Waals surface area contributed by atoms with Gasteiger partial charge in [0.15, 0.2) is 0 Å². The summed E-state index contributed by atoms with van der Waals surface area (Å²) in [7, 11) is -4.63. The van der Waals surface area contributed by atoms with E-state index in [1.165, 1.54) is 10.4 Å². The number of hydrogen-bond acceptors (Lipinski definition) is 3. The predicted molar refractivity (Wildman–Crippen MR) is 122 cm³/mol. The van der Waals surface area contributed by atoms with Gasteiger partial charge in [0.05, 0.1) is 0 Å². The molecule has 0 spiro atoms. The molecular weight excluding hydrogens is 364 g/mol. The van der Waals surface area contributed by atoms with Crippen molar-refractivity contribution in [2.24, 2.45) is 0 Å². The first-order valence-electron chi connectivity index (χ1n) is 10.3. The van der Waals surface area contributed by atoms with Crippen LogP contribution in [0.2, 0.25) is 13.1 Å². The van der Waals surface area contributed by atoms with Gasteiger partial charge in [-0.05, 0) is 49.6 Å². The molecule has 0 radical (unpaired) electrons. The van der Waals surface area contributed by atoms with Gasteiger partial charge in [-0.1, -0.05) is 88.4 Å². The minimum Gasteiger partial charge on any atom is -0.426 e. The summed E-state index contributed by atoms with van der Waals surface area (Å²) in [6.45, 7) is 17.8. The van der Waals surface area contributed by atoms with Crippen LogP contribution in [-0.2, 0) is 4.12 Å². The molecule has 0 heterocycles. The molecule has 0 aliphatic heterocycles. The van der Waals surface area contributed by atoms with Crippen molar-refractivity contribution in [2.75, 3.05) is 26.2 Å². The minimum atomic E-state index is -2.32. The van der Waals surface area contributed by atoms with E-state index in [4.69, 9.17) is 4.12 Å². The predicted octanol–water partition coefficient (Wildman–Crippen LogP) is 3.65. The van der Waals surface area contributed by atoms with Crippen molar-refractivity contribution in [2.45, 2.75) is 40.8 Å². The molecule has 148 valence electrons. The lowest BCUT2D eigenvalue weighted by molar-refractivity contribution is 0.332. The molecule has 0 bridgehead atoms. The fraction of sp³-hybridized carbons (Fsp3) is 0.455. The zero-order chi connectivity index (χ0) is 19.9. The first-order valence-corrected chi connectivity index (χ1v) is 15.0. The van der Waals surface area contributed by atoms with Gasteiger partial charge >= 0.3 is 0 Å². The Hall–Kier alpha value is -1.25. The van der Waals surface area contributed by atoms with Gasteiger partial charge in [0.25, 0.3) is 17.0 Å². The highest BCUT2D eigenvalue weighted by Crippen LogP contribution is 2.22. The van der Waals surface area contributed by atoms with E-state index in [1.807, 2.05) is 0 Å². The van der Waals surface area contributed by atoms with Crippen LogP contribution in [0.15, 0.2) is 60.7 Å². The summed E-state index contributed by atoms with van der Waals surface area (Å²) in [5.74, 6) is 0. The van der Waals surface area contributed by atoms with Crippen LogP contribution >= 0.6 is 0 Å². The average molecular weight is 401 g/mol. The van der Waals surface area contributed by atoms with Crippen molar-refractivity contribution in [3.8, 4) is 0 Å². The van der Waals surface area contributed by atoms with Crippen LogP contribution < -0.4 is 10.4 Å². The smallest absolute Gasteiger partial charge is 0.292 e. The molecule has 0 saturated carbocycles. The summed E-state index contributed by atoms with van der Waals surface area (Å²) >= 11 is 0. The average Bonchev–Trinajstić information content (AvgIpc) is 2.71. The third-order valence-electron chi connectivity index (χ3n) is 5.75. The monoisotopic (exact) mass is 400 g/mol. The number of rotatable bonds is 10. The van der Waals surface area contributed by atoms with Crippen LogP contribution in [0.25, 0.3) is 0 Å². The maximum absolute atomic E-state index is 7.42. The quantitative estimate of drug-likeness (QED) is 0.566. The van der Waals surface area contributed by atoms with Crippen molar-refractivity contribution in [3.05, 3.63) is 60.7 Å². The van der Waals surface area contributed by atoms with Crippen LogP contribution in [0, 0.1) is 0 Å². The largest absolute Gasteiger partial charge is 0.426 e. The summed E-state index contributed by atoms with van der Waals surface area (Å²) in [5.41, 5.74) is 0. The number of hydrogen-bond donors (Lipinski definition) is 0. The SMILES string of the molecule is CCN(CC)[Si@](C)(O[Si@](C)(c1ccccc1)N(CC)CC)c1ccccc1. The summed E-state index contributed by atoms with van der Waals surface area (Å²) in [5, 5.41) is 2.71. The van der Waals surface area contributed by atoms with Crippen LogP contribution in [0.5, 0.6) is 0 Å². The number of nitrogens with zero attached hydrogens (tertiary/aromatic N) is 2. The molecule has 27 heavy (non-hydrogen) atoms. The Balaban J connectivity index is 2.60. The Labute approximate surface area is 168 Å². The van der Waals surface area contributed by atoms with Gasteiger partial charge in [-0.2, -0.15) is 0 Å². The Kier molecular flexibility index (Phi) is 8.00. The van der Waals surface area contributed by atoms with E-state index in [0.29, 0.717) is 0 Å². The molecule has 0 N–H and O–H groups in total. The summed E-state index contributed by atoms with van der Waals surface area (Å²) < 4.78 is 12.6. The lowest BCUT2D eigenvalue weighted by Gasteiger charge is -2.47. The fourth-order valence-corrected chi connectivity index (χ4v) is 14.0. The minimum absolute atomic E-state index is 1.01. The van der Waals surface area contributed by atoms with E-state index in [1.54, 1.807) is 0 Å². The maximum Gasteiger partial charge on any atom is 0.292 e. The molecule has 0 aromatic heterocycles. The van der Waals surface area contributed by atoms with Gasteiger partial charge in [-0.25, -0.2) is 0 Å². The second-order valence-corrected chi connectivity index (χ2v) is 14.3. The van der Waals surface area contributed by atoms with E-state index in [-0.39, 0.29) is 0 Å². The molecule has 0 aliphatic carbocycles. The van der Waals surface area contributed by atoms with E-state index >= 15 is 0 Å². The van der Waals surface area contributed by atoms with E-state index < -0.39 is 17.0 Å². The van der Waals surface area contributed by atoms with Crippen molar-refractivity contribution in [1.82, 2.24) is 9.13 Å². The zero-order valence-electron chi connectivity index (χ0n) is 17.9. The van der Waals surface area contributed by atoms with Crippen molar-refractivity contribution in [1.29, 1.82) is 0 Å². The zero-order valence-corrected chi connectivity index (χ0v) is 19.9. The summed E-state index contributed by atoms with van der Waals surface area (Å²) in [4.78, 5) is 0. The second-order valence-electron chi connectivity index (χ2n) is 7.14. The maximum atomic E-state index is 7.42. The van der Waals surface area contributed by atoms with Gasteiger partial charge < -0.3 is 13.2 Å². The molecule has 5 heteroatoms. The van der Waals surface area contributed by atoms with Crippen LogP contribution in [0.4, 0.5) is 0 Å². The lowest BCUT2D eigenvalue weighted by Crippen LogP contribution is -2.73.